The topological polar surface area (TPSA) is 63.6 Å². The van der Waals surface area contributed by atoms with Gasteiger partial charge in [0.05, 0.1) is 6.10 Å². The van der Waals surface area contributed by atoms with Gasteiger partial charge in [-0.15, -0.1) is 0 Å². The molecular formula is C16H28O4. The second-order valence-electron chi connectivity index (χ2n) is 6.47. The van der Waals surface area contributed by atoms with E-state index in [2.05, 4.69) is 20.8 Å². The van der Waals surface area contributed by atoms with Crippen LogP contribution in [0.1, 0.15) is 53.9 Å². The molecule has 1 N–H and O–H groups in total. The molecule has 4 unspecified atom stereocenters. The first-order valence-corrected chi connectivity index (χ1v) is 7.69. The Labute approximate surface area is 121 Å². The summed E-state index contributed by atoms with van der Waals surface area (Å²) in [6.45, 7) is 10.0. The highest BCUT2D eigenvalue weighted by Gasteiger charge is 2.40. The number of aliphatic hydroxyl groups is 1. The number of Topliss-reactive ketones (excluding diaryl/α,β-unsaturated/α-hetero) is 1. The van der Waals surface area contributed by atoms with Crippen molar-refractivity contribution in [3.05, 3.63) is 0 Å². The molecule has 0 radical (unpaired) electrons. The summed E-state index contributed by atoms with van der Waals surface area (Å²) in [6.07, 6.45) is 0.706. The number of rotatable bonds is 5. The van der Waals surface area contributed by atoms with Gasteiger partial charge in [-0.05, 0) is 37.5 Å². The maximum absolute atomic E-state index is 12.3. The van der Waals surface area contributed by atoms with Gasteiger partial charge in [-0.2, -0.15) is 0 Å². The molecule has 0 amide bonds. The molecule has 0 bridgehead atoms. The minimum Gasteiger partial charge on any atom is -0.462 e. The van der Waals surface area contributed by atoms with Gasteiger partial charge in [0.1, 0.15) is 17.8 Å². The molecule has 1 aliphatic carbocycles. The first-order chi connectivity index (χ1) is 9.27. The fourth-order valence-corrected chi connectivity index (χ4v) is 3.38. The first-order valence-electron chi connectivity index (χ1n) is 7.69. The molecule has 4 nitrogen and oxygen atoms in total. The third kappa shape index (κ3) is 4.05. The SMILES string of the molecule is CCC(C(C)C)C(C)OC(=O)C1C(=O)CC(O)C[C@@H]1C. The Morgan fingerprint density at radius 1 is 1.40 bits per heavy atom. The van der Waals surface area contributed by atoms with Crippen LogP contribution in [0, 0.1) is 23.7 Å². The summed E-state index contributed by atoms with van der Waals surface area (Å²) in [4.78, 5) is 24.2. The van der Waals surface area contributed by atoms with Crippen LogP contribution >= 0.6 is 0 Å². The van der Waals surface area contributed by atoms with Crippen LogP contribution in [0.4, 0.5) is 0 Å². The predicted octanol–water partition coefficient (Wildman–Crippen LogP) is 2.58. The van der Waals surface area contributed by atoms with Crippen LogP contribution < -0.4 is 0 Å². The van der Waals surface area contributed by atoms with Gasteiger partial charge in [0.2, 0.25) is 0 Å². The van der Waals surface area contributed by atoms with Gasteiger partial charge in [-0.1, -0.05) is 27.7 Å². The molecule has 0 heterocycles. The average molecular weight is 284 g/mol. The smallest absolute Gasteiger partial charge is 0.317 e. The summed E-state index contributed by atoms with van der Waals surface area (Å²) >= 11 is 0. The molecule has 4 heteroatoms. The molecule has 0 spiro atoms. The lowest BCUT2D eigenvalue weighted by atomic mass is 9.78. The molecule has 0 aromatic heterocycles. The minimum atomic E-state index is -0.703. The summed E-state index contributed by atoms with van der Waals surface area (Å²) in [5.41, 5.74) is 0. The zero-order valence-corrected chi connectivity index (χ0v) is 13.3. The zero-order valence-electron chi connectivity index (χ0n) is 13.3. The molecule has 0 saturated heterocycles. The van der Waals surface area contributed by atoms with E-state index in [4.69, 9.17) is 4.74 Å². The summed E-state index contributed by atoms with van der Waals surface area (Å²) < 4.78 is 5.54. The van der Waals surface area contributed by atoms with E-state index >= 15 is 0 Å². The molecule has 1 fully saturated rings. The molecule has 1 rings (SSSR count). The van der Waals surface area contributed by atoms with E-state index in [-0.39, 0.29) is 24.2 Å². The van der Waals surface area contributed by atoms with Crippen molar-refractivity contribution in [2.45, 2.75) is 66.1 Å². The fourth-order valence-electron chi connectivity index (χ4n) is 3.38. The highest BCUT2D eigenvalue weighted by Crippen LogP contribution is 2.30. The number of hydrogen-bond acceptors (Lipinski definition) is 4. The summed E-state index contributed by atoms with van der Waals surface area (Å²) in [5.74, 6) is -0.717. The Kier molecular flexibility index (Phi) is 6.18. The third-order valence-electron chi connectivity index (χ3n) is 4.48. The van der Waals surface area contributed by atoms with Crippen molar-refractivity contribution in [2.24, 2.45) is 23.7 Å². The van der Waals surface area contributed by atoms with Crippen molar-refractivity contribution in [1.29, 1.82) is 0 Å². The van der Waals surface area contributed by atoms with Crippen LogP contribution in [0.15, 0.2) is 0 Å². The molecule has 0 aromatic carbocycles. The van der Waals surface area contributed by atoms with Gasteiger partial charge < -0.3 is 9.84 Å². The predicted molar refractivity (Wildman–Crippen MR) is 77.1 cm³/mol. The highest BCUT2D eigenvalue weighted by molar-refractivity contribution is 6.00. The van der Waals surface area contributed by atoms with Crippen LogP contribution in [0.2, 0.25) is 0 Å². The number of esters is 1. The Morgan fingerprint density at radius 3 is 2.45 bits per heavy atom. The quantitative estimate of drug-likeness (QED) is 0.622. The van der Waals surface area contributed by atoms with Gasteiger partial charge in [0, 0.05) is 6.42 Å². The van der Waals surface area contributed by atoms with Crippen molar-refractivity contribution in [2.75, 3.05) is 0 Å². The van der Waals surface area contributed by atoms with Crippen molar-refractivity contribution in [3.63, 3.8) is 0 Å². The lowest BCUT2D eigenvalue weighted by Crippen LogP contribution is -2.41. The van der Waals surface area contributed by atoms with Crippen molar-refractivity contribution >= 4 is 11.8 Å². The number of aliphatic hydroxyl groups excluding tert-OH is 1. The van der Waals surface area contributed by atoms with Crippen LogP contribution in [-0.4, -0.2) is 29.1 Å². The maximum atomic E-state index is 12.3. The third-order valence-corrected chi connectivity index (χ3v) is 4.48. The minimum absolute atomic E-state index is 0.0693. The van der Waals surface area contributed by atoms with Crippen LogP contribution in [0.3, 0.4) is 0 Å². The summed E-state index contributed by atoms with van der Waals surface area (Å²) in [7, 11) is 0. The van der Waals surface area contributed by atoms with Gasteiger partial charge in [-0.3, -0.25) is 9.59 Å². The number of carbonyl (C=O) groups is 2. The molecule has 20 heavy (non-hydrogen) atoms. The number of hydrogen-bond donors (Lipinski definition) is 1. The second-order valence-corrected chi connectivity index (χ2v) is 6.47. The average Bonchev–Trinajstić information content (AvgIpc) is 2.27. The standard InChI is InChI=1S/C16H28O4/c1-6-13(9(2)3)11(5)20-16(19)15-10(4)7-12(17)8-14(15)18/h9-13,15,17H,6-8H2,1-5H3/t10-,11?,12?,13?,15?/m0/s1. The van der Waals surface area contributed by atoms with Gasteiger partial charge >= 0.3 is 5.97 Å². The van der Waals surface area contributed by atoms with E-state index in [1.807, 2.05) is 13.8 Å². The van der Waals surface area contributed by atoms with Crippen molar-refractivity contribution < 1.29 is 19.4 Å². The highest BCUT2D eigenvalue weighted by atomic mass is 16.5. The van der Waals surface area contributed by atoms with Crippen molar-refractivity contribution in [1.82, 2.24) is 0 Å². The van der Waals surface area contributed by atoms with Gasteiger partial charge in [-0.25, -0.2) is 0 Å². The summed E-state index contributed by atoms with van der Waals surface area (Å²) in [6, 6.07) is 0. The molecule has 0 aromatic rings. The summed E-state index contributed by atoms with van der Waals surface area (Å²) in [5, 5.41) is 9.56. The molecule has 1 aliphatic rings. The van der Waals surface area contributed by atoms with E-state index in [0.29, 0.717) is 18.3 Å². The lowest BCUT2D eigenvalue weighted by Gasteiger charge is -2.32. The molecule has 1 saturated carbocycles. The zero-order chi connectivity index (χ0) is 15.4. The first kappa shape index (κ1) is 17.2. The number of carbonyl (C=O) groups excluding carboxylic acids is 2. The maximum Gasteiger partial charge on any atom is 0.317 e. The number of ether oxygens (including phenoxy) is 1. The Balaban J connectivity index is 2.68. The number of ketones is 1. The van der Waals surface area contributed by atoms with Gasteiger partial charge in [0.25, 0.3) is 0 Å². The van der Waals surface area contributed by atoms with Crippen LogP contribution in [0.25, 0.3) is 0 Å². The molecule has 116 valence electrons. The Hall–Kier alpha value is -0.900. The van der Waals surface area contributed by atoms with E-state index in [0.717, 1.165) is 6.42 Å². The molecule has 0 aliphatic heterocycles. The van der Waals surface area contributed by atoms with E-state index in [1.165, 1.54) is 0 Å². The Morgan fingerprint density at radius 2 is 2.00 bits per heavy atom. The van der Waals surface area contributed by atoms with Crippen molar-refractivity contribution in [3.8, 4) is 0 Å². The normalized spacial score (nSPS) is 30.1. The van der Waals surface area contributed by atoms with E-state index in [9.17, 15) is 14.7 Å². The van der Waals surface area contributed by atoms with E-state index in [1.54, 1.807) is 0 Å². The van der Waals surface area contributed by atoms with Crippen LogP contribution in [0.5, 0.6) is 0 Å². The Bertz CT molecular complexity index is 350. The largest absolute Gasteiger partial charge is 0.462 e. The second kappa shape index (κ2) is 7.21. The molecular weight excluding hydrogens is 256 g/mol. The van der Waals surface area contributed by atoms with E-state index < -0.39 is 18.0 Å². The van der Waals surface area contributed by atoms with Gasteiger partial charge in [0.15, 0.2) is 0 Å². The lowest BCUT2D eigenvalue weighted by molar-refractivity contribution is -0.163. The monoisotopic (exact) mass is 284 g/mol. The van der Waals surface area contributed by atoms with Crippen LogP contribution in [-0.2, 0) is 14.3 Å². The molecule has 5 atom stereocenters. The fraction of sp³-hybridized carbons (Fsp3) is 0.875.